The van der Waals surface area contributed by atoms with Crippen molar-refractivity contribution < 1.29 is 17.9 Å². The number of piperazine rings is 1. The zero-order chi connectivity index (χ0) is 19.4. The van der Waals surface area contributed by atoms with Crippen LogP contribution in [0.25, 0.3) is 0 Å². The summed E-state index contributed by atoms with van der Waals surface area (Å²) in [6.07, 6.45) is 0. The van der Waals surface area contributed by atoms with E-state index in [0.717, 1.165) is 11.3 Å². The van der Waals surface area contributed by atoms with Gasteiger partial charge in [0.15, 0.2) is 5.13 Å². The van der Waals surface area contributed by atoms with Crippen LogP contribution in [0.3, 0.4) is 0 Å². The van der Waals surface area contributed by atoms with Gasteiger partial charge in [0.05, 0.1) is 10.9 Å². The Morgan fingerprint density at radius 2 is 2.07 bits per heavy atom. The molecule has 3 heterocycles. The van der Waals surface area contributed by atoms with Crippen molar-refractivity contribution in [2.75, 3.05) is 51.8 Å². The quantitative estimate of drug-likeness (QED) is 0.649. The van der Waals surface area contributed by atoms with Gasteiger partial charge in [0.2, 0.25) is 0 Å². The number of hydrogen-bond acceptors (Lipinski definition) is 8. The highest BCUT2D eigenvalue weighted by Gasteiger charge is 2.31. The average Bonchev–Trinajstić information content (AvgIpc) is 3.31. The van der Waals surface area contributed by atoms with Gasteiger partial charge in [0.1, 0.15) is 9.90 Å². The van der Waals surface area contributed by atoms with Gasteiger partial charge >= 0.3 is 0 Å². The van der Waals surface area contributed by atoms with Crippen LogP contribution in [0.15, 0.2) is 21.7 Å². The molecule has 3 rings (SSSR count). The fraction of sp³-hybridized carbons (Fsp3) is 0.467. The average molecular weight is 451 g/mol. The number of thiophene rings is 1. The van der Waals surface area contributed by atoms with Gasteiger partial charge in [-0.15, -0.1) is 22.7 Å². The van der Waals surface area contributed by atoms with Crippen LogP contribution in [0, 0.1) is 0 Å². The van der Waals surface area contributed by atoms with Gasteiger partial charge in [-0.05, 0) is 12.1 Å². The van der Waals surface area contributed by atoms with E-state index >= 15 is 0 Å². The van der Waals surface area contributed by atoms with Crippen LogP contribution in [-0.2, 0) is 14.8 Å². The maximum absolute atomic E-state index is 12.6. The maximum Gasteiger partial charge on any atom is 0.273 e. The molecule has 0 aliphatic carbocycles. The number of thiazole rings is 1. The lowest BCUT2D eigenvalue weighted by Crippen LogP contribution is -2.50. The van der Waals surface area contributed by atoms with E-state index in [0.29, 0.717) is 41.4 Å². The standard InChI is InChI=1S/C15H19ClN4O4S3/c1-24-9-4-17-15-18-11(10-25-15)14(21)19-5-7-20(8-6-19)27(22,23)13-3-2-12(16)26-13/h2-3,10H,4-9H2,1H3,(H,17,18). The number of sulfonamides is 1. The van der Waals surface area contributed by atoms with Crippen molar-refractivity contribution in [3.8, 4) is 0 Å². The number of halogens is 1. The second kappa shape index (κ2) is 8.84. The van der Waals surface area contributed by atoms with Crippen molar-refractivity contribution in [3.05, 3.63) is 27.5 Å². The smallest absolute Gasteiger partial charge is 0.273 e. The zero-order valence-electron chi connectivity index (χ0n) is 14.6. The van der Waals surface area contributed by atoms with Crippen LogP contribution < -0.4 is 5.32 Å². The first kappa shape index (κ1) is 20.5. The van der Waals surface area contributed by atoms with Crippen molar-refractivity contribution in [2.24, 2.45) is 0 Å². The number of carbonyl (C=O) groups excluding carboxylic acids is 1. The number of nitrogens with zero attached hydrogens (tertiary/aromatic N) is 3. The Kier molecular flexibility index (Phi) is 6.71. The summed E-state index contributed by atoms with van der Waals surface area (Å²) >= 11 is 8.23. The van der Waals surface area contributed by atoms with E-state index < -0.39 is 10.0 Å². The molecule has 12 heteroatoms. The molecule has 0 saturated carbocycles. The van der Waals surface area contributed by atoms with Crippen LogP contribution in [-0.4, -0.2) is 75.0 Å². The third-order valence-electron chi connectivity index (χ3n) is 3.97. The van der Waals surface area contributed by atoms with Crippen molar-refractivity contribution in [1.82, 2.24) is 14.2 Å². The van der Waals surface area contributed by atoms with Gasteiger partial charge in [-0.2, -0.15) is 4.31 Å². The van der Waals surface area contributed by atoms with E-state index in [2.05, 4.69) is 10.3 Å². The molecule has 2 aromatic heterocycles. The molecule has 1 aliphatic heterocycles. The minimum absolute atomic E-state index is 0.192. The second-order valence-corrected chi connectivity index (χ2v) is 10.5. The number of carbonyl (C=O) groups is 1. The largest absolute Gasteiger partial charge is 0.383 e. The van der Waals surface area contributed by atoms with E-state index in [9.17, 15) is 13.2 Å². The molecule has 1 amide bonds. The van der Waals surface area contributed by atoms with Gasteiger partial charge in [-0.3, -0.25) is 4.79 Å². The van der Waals surface area contributed by atoms with Crippen molar-refractivity contribution in [1.29, 1.82) is 0 Å². The lowest BCUT2D eigenvalue weighted by Gasteiger charge is -2.33. The molecule has 27 heavy (non-hydrogen) atoms. The van der Waals surface area contributed by atoms with Crippen LogP contribution in [0.1, 0.15) is 10.5 Å². The summed E-state index contributed by atoms with van der Waals surface area (Å²) in [5.41, 5.74) is 0.362. The number of anilines is 1. The summed E-state index contributed by atoms with van der Waals surface area (Å²) in [5.74, 6) is -0.192. The molecule has 148 valence electrons. The lowest BCUT2D eigenvalue weighted by atomic mass is 10.3. The lowest BCUT2D eigenvalue weighted by molar-refractivity contribution is 0.0693. The highest BCUT2D eigenvalue weighted by molar-refractivity contribution is 7.91. The fourth-order valence-corrected chi connectivity index (χ4v) is 6.34. The number of aromatic nitrogens is 1. The van der Waals surface area contributed by atoms with Crippen molar-refractivity contribution >= 4 is 55.3 Å². The summed E-state index contributed by atoms with van der Waals surface area (Å²) in [7, 11) is -1.95. The Morgan fingerprint density at radius 3 is 2.70 bits per heavy atom. The fourth-order valence-electron chi connectivity index (χ4n) is 2.57. The predicted octanol–water partition coefficient (Wildman–Crippen LogP) is 2.06. The summed E-state index contributed by atoms with van der Waals surface area (Å²) in [6.45, 7) is 2.29. The van der Waals surface area contributed by atoms with Crippen molar-refractivity contribution in [3.63, 3.8) is 0 Å². The molecule has 0 atom stereocenters. The van der Waals surface area contributed by atoms with Crippen LogP contribution in [0.2, 0.25) is 4.34 Å². The van der Waals surface area contributed by atoms with Crippen molar-refractivity contribution in [2.45, 2.75) is 4.21 Å². The Balaban J connectivity index is 1.58. The number of rotatable bonds is 7. The zero-order valence-corrected chi connectivity index (χ0v) is 17.8. The molecule has 0 bridgehead atoms. The summed E-state index contributed by atoms with van der Waals surface area (Å²) in [6, 6.07) is 3.08. The second-order valence-electron chi connectivity index (χ2n) is 5.71. The maximum atomic E-state index is 12.6. The molecule has 1 N–H and O–H groups in total. The molecule has 0 unspecified atom stereocenters. The molecule has 1 saturated heterocycles. The van der Waals surface area contributed by atoms with E-state index in [4.69, 9.17) is 16.3 Å². The first-order valence-corrected chi connectivity index (χ1v) is 11.7. The van der Waals surface area contributed by atoms with Gasteiger partial charge < -0.3 is 15.0 Å². The number of amides is 1. The monoisotopic (exact) mass is 450 g/mol. The van der Waals surface area contributed by atoms with E-state index in [1.54, 1.807) is 23.5 Å². The van der Waals surface area contributed by atoms with Gasteiger partial charge in [-0.1, -0.05) is 11.6 Å². The summed E-state index contributed by atoms with van der Waals surface area (Å²) < 4.78 is 32.2. The number of methoxy groups -OCH3 is 1. The molecule has 1 fully saturated rings. The molecule has 0 spiro atoms. The third kappa shape index (κ3) is 4.79. The Bertz CT molecular complexity index is 891. The number of hydrogen-bond donors (Lipinski definition) is 1. The van der Waals surface area contributed by atoms with Gasteiger partial charge in [-0.25, -0.2) is 13.4 Å². The highest BCUT2D eigenvalue weighted by atomic mass is 35.5. The summed E-state index contributed by atoms with van der Waals surface area (Å²) in [4.78, 5) is 18.5. The van der Waals surface area contributed by atoms with E-state index in [-0.39, 0.29) is 23.2 Å². The molecule has 8 nitrogen and oxygen atoms in total. The topological polar surface area (TPSA) is 91.8 Å². The van der Waals surface area contributed by atoms with Crippen LogP contribution in [0.4, 0.5) is 5.13 Å². The molecule has 0 aromatic carbocycles. The first-order valence-electron chi connectivity index (χ1n) is 8.15. The highest BCUT2D eigenvalue weighted by Crippen LogP contribution is 2.28. The minimum Gasteiger partial charge on any atom is -0.383 e. The number of ether oxygens (including phenoxy) is 1. The third-order valence-corrected chi connectivity index (χ3v) is 8.37. The molecular weight excluding hydrogens is 432 g/mol. The summed E-state index contributed by atoms with van der Waals surface area (Å²) in [5, 5.41) is 5.45. The minimum atomic E-state index is -3.57. The SMILES string of the molecule is COCCNc1nc(C(=O)N2CCN(S(=O)(=O)c3ccc(Cl)s3)CC2)cs1. The number of nitrogens with one attached hydrogen (secondary N) is 1. The Hall–Kier alpha value is -1.24. The van der Waals surface area contributed by atoms with E-state index in [1.165, 1.54) is 21.7 Å². The molecular formula is C15H19ClN4O4S3. The Labute approximate surface area is 170 Å². The van der Waals surface area contributed by atoms with E-state index in [1.807, 2.05) is 0 Å². The molecule has 1 aliphatic rings. The Morgan fingerprint density at radius 1 is 1.33 bits per heavy atom. The normalized spacial score (nSPS) is 15.9. The molecule has 2 aromatic rings. The van der Waals surface area contributed by atoms with Crippen LogP contribution in [0.5, 0.6) is 0 Å². The van der Waals surface area contributed by atoms with Gasteiger partial charge in [0, 0.05) is 45.2 Å². The van der Waals surface area contributed by atoms with Gasteiger partial charge in [0.25, 0.3) is 15.9 Å². The molecule has 0 radical (unpaired) electrons. The van der Waals surface area contributed by atoms with Crippen LogP contribution >= 0.6 is 34.3 Å². The first-order chi connectivity index (χ1) is 12.9. The predicted molar refractivity (Wildman–Crippen MR) is 106 cm³/mol.